The zero-order chi connectivity index (χ0) is 13.9. The van der Waals surface area contributed by atoms with Gasteiger partial charge in [-0.05, 0) is 56.6 Å². The molecule has 4 heteroatoms. The third-order valence-electron chi connectivity index (χ3n) is 3.93. The number of rotatable bonds is 5. The van der Waals surface area contributed by atoms with Crippen LogP contribution < -0.4 is 5.32 Å². The van der Waals surface area contributed by atoms with Crippen molar-refractivity contribution < 1.29 is 5.11 Å². The lowest BCUT2D eigenvalue weighted by Gasteiger charge is -2.38. The van der Waals surface area contributed by atoms with Gasteiger partial charge in [0.1, 0.15) is 0 Å². The third-order valence-corrected chi connectivity index (χ3v) is 4.42. The fraction of sp³-hybridized carbons (Fsp3) is 0.600. The Kier molecular flexibility index (Phi) is 5.01. The second-order valence-corrected chi connectivity index (χ2v) is 6.67. The maximum atomic E-state index is 9.80. The molecule has 0 amide bonds. The number of hydrogen-bond donors (Lipinski definition) is 2. The van der Waals surface area contributed by atoms with Gasteiger partial charge in [-0.15, -0.1) is 0 Å². The van der Waals surface area contributed by atoms with Crippen molar-refractivity contribution >= 4 is 15.9 Å². The molecule has 2 N–H and O–H groups in total. The lowest BCUT2D eigenvalue weighted by atomic mass is 9.78. The SMILES string of the molecule is CN(C)CCNC1(CO)CCc2cc(Br)ccc2C1. The molecule has 1 aromatic carbocycles. The van der Waals surface area contributed by atoms with Crippen molar-refractivity contribution in [2.45, 2.75) is 24.8 Å². The van der Waals surface area contributed by atoms with Gasteiger partial charge in [-0.1, -0.05) is 22.0 Å². The van der Waals surface area contributed by atoms with Crippen LogP contribution in [0.25, 0.3) is 0 Å². The van der Waals surface area contributed by atoms with E-state index in [0.717, 1.165) is 36.8 Å². The molecule has 1 atom stereocenters. The second-order valence-electron chi connectivity index (χ2n) is 5.76. The van der Waals surface area contributed by atoms with E-state index in [2.05, 4.69) is 58.4 Å². The van der Waals surface area contributed by atoms with Gasteiger partial charge in [0.15, 0.2) is 0 Å². The molecule has 2 rings (SSSR count). The normalized spacial score (nSPS) is 22.6. The van der Waals surface area contributed by atoms with E-state index in [1.165, 1.54) is 11.1 Å². The molecular weight excluding hydrogens is 304 g/mol. The highest BCUT2D eigenvalue weighted by molar-refractivity contribution is 9.10. The zero-order valence-corrected chi connectivity index (χ0v) is 13.3. The van der Waals surface area contributed by atoms with Crippen LogP contribution in [0.5, 0.6) is 0 Å². The predicted molar refractivity (Wildman–Crippen MR) is 82.5 cm³/mol. The van der Waals surface area contributed by atoms with Crippen LogP contribution in [0.1, 0.15) is 17.5 Å². The van der Waals surface area contributed by atoms with Gasteiger partial charge in [-0.25, -0.2) is 0 Å². The van der Waals surface area contributed by atoms with Crippen LogP contribution >= 0.6 is 15.9 Å². The number of fused-ring (bicyclic) bond motifs is 1. The molecule has 0 spiro atoms. The average molecular weight is 327 g/mol. The molecule has 106 valence electrons. The number of aliphatic hydroxyl groups is 1. The quantitative estimate of drug-likeness (QED) is 0.866. The van der Waals surface area contributed by atoms with E-state index >= 15 is 0 Å². The maximum absolute atomic E-state index is 9.80. The largest absolute Gasteiger partial charge is 0.394 e. The Bertz CT molecular complexity index is 436. The van der Waals surface area contributed by atoms with Gasteiger partial charge in [0.05, 0.1) is 6.61 Å². The molecule has 3 nitrogen and oxygen atoms in total. The van der Waals surface area contributed by atoms with Gasteiger partial charge >= 0.3 is 0 Å². The van der Waals surface area contributed by atoms with Crippen LogP contribution in [0.3, 0.4) is 0 Å². The van der Waals surface area contributed by atoms with Crippen LogP contribution in [0.4, 0.5) is 0 Å². The van der Waals surface area contributed by atoms with Gasteiger partial charge < -0.3 is 15.3 Å². The molecule has 0 heterocycles. The highest BCUT2D eigenvalue weighted by atomic mass is 79.9. The molecule has 0 aromatic heterocycles. The summed E-state index contributed by atoms with van der Waals surface area (Å²) in [5.74, 6) is 0. The molecular formula is C15H23BrN2O. The summed E-state index contributed by atoms with van der Waals surface area (Å²) in [5.41, 5.74) is 2.63. The number of aliphatic hydroxyl groups excluding tert-OH is 1. The van der Waals surface area contributed by atoms with Crippen molar-refractivity contribution in [3.63, 3.8) is 0 Å². The van der Waals surface area contributed by atoms with Crippen LogP contribution in [0.2, 0.25) is 0 Å². The van der Waals surface area contributed by atoms with Gasteiger partial charge in [-0.3, -0.25) is 0 Å². The van der Waals surface area contributed by atoms with Crippen molar-refractivity contribution in [1.29, 1.82) is 0 Å². The average Bonchev–Trinajstić information content (AvgIpc) is 2.38. The minimum atomic E-state index is -0.142. The molecule has 0 bridgehead atoms. The van der Waals surface area contributed by atoms with Gasteiger partial charge in [0.25, 0.3) is 0 Å². The van der Waals surface area contributed by atoms with Crippen LogP contribution in [-0.2, 0) is 12.8 Å². The Hall–Kier alpha value is -0.420. The minimum Gasteiger partial charge on any atom is -0.394 e. The van der Waals surface area contributed by atoms with Crippen molar-refractivity contribution in [1.82, 2.24) is 10.2 Å². The number of halogens is 1. The number of hydrogen-bond acceptors (Lipinski definition) is 3. The van der Waals surface area contributed by atoms with Crippen LogP contribution in [0, 0.1) is 0 Å². The highest BCUT2D eigenvalue weighted by Gasteiger charge is 2.33. The number of benzene rings is 1. The first kappa shape index (κ1) is 15.0. The Morgan fingerprint density at radius 1 is 1.37 bits per heavy atom. The second kappa shape index (κ2) is 6.35. The lowest BCUT2D eigenvalue weighted by molar-refractivity contribution is 0.142. The van der Waals surface area contributed by atoms with E-state index in [0.29, 0.717) is 0 Å². The minimum absolute atomic E-state index is 0.142. The van der Waals surface area contributed by atoms with Gasteiger partial charge in [-0.2, -0.15) is 0 Å². The molecule has 1 aromatic rings. The number of nitrogens with one attached hydrogen (secondary N) is 1. The Morgan fingerprint density at radius 2 is 2.16 bits per heavy atom. The van der Waals surface area contributed by atoms with Crippen molar-refractivity contribution in [2.75, 3.05) is 33.8 Å². The molecule has 1 unspecified atom stereocenters. The number of likely N-dealkylation sites (N-methyl/N-ethyl adjacent to an activating group) is 1. The molecule has 1 aliphatic carbocycles. The summed E-state index contributed by atoms with van der Waals surface area (Å²) in [5, 5.41) is 13.4. The molecule has 0 saturated carbocycles. The zero-order valence-electron chi connectivity index (χ0n) is 11.7. The van der Waals surface area contributed by atoms with E-state index < -0.39 is 0 Å². The predicted octanol–water partition coefficient (Wildman–Crippen LogP) is 1.82. The summed E-state index contributed by atoms with van der Waals surface area (Å²) in [6.07, 6.45) is 2.95. The van der Waals surface area contributed by atoms with E-state index in [1.54, 1.807) is 0 Å². The van der Waals surface area contributed by atoms with Gasteiger partial charge in [0.2, 0.25) is 0 Å². The summed E-state index contributed by atoms with van der Waals surface area (Å²) in [7, 11) is 4.14. The van der Waals surface area contributed by atoms with Crippen molar-refractivity contribution in [3.8, 4) is 0 Å². The van der Waals surface area contributed by atoms with Crippen LogP contribution in [-0.4, -0.2) is 49.3 Å². The summed E-state index contributed by atoms with van der Waals surface area (Å²) < 4.78 is 1.14. The fourth-order valence-corrected chi connectivity index (χ4v) is 3.12. The molecule has 0 radical (unpaired) electrons. The number of nitrogens with zero attached hydrogens (tertiary/aromatic N) is 1. The van der Waals surface area contributed by atoms with E-state index in [1.807, 2.05) is 0 Å². The highest BCUT2D eigenvalue weighted by Crippen LogP contribution is 2.30. The summed E-state index contributed by atoms with van der Waals surface area (Å²) in [4.78, 5) is 2.16. The maximum Gasteiger partial charge on any atom is 0.0616 e. The first-order valence-electron chi connectivity index (χ1n) is 6.83. The molecule has 19 heavy (non-hydrogen) atoms. The van der Waals surface area contributed by atoms with E-state index in [-0.39, 0.29) is 12.1 Å². The summed E-state index contributed by atoms with van der Waals surface area (Å²) in [6.45, 7) is 2.12. The molecule has 0 saturated heterocycles. The van der Waals surface area contributed by atoms with Crippen molar-refractivity contribution in [2.24, 2.45) is 0 Å². The van der Waals surface area contributed by atoms with Gasteiger partial charge in [0, 0.05) is 23.1 Å². The first-order valence-corrected chi connectivity index (χ1v) is 7.62. The first-order chi connectivity index (χ1) is 9.04. The molecule has 0 fully saturated rings. The Labute approximate surface area is 124 Å². The Morgan fingerprint density at radius 3 is 2.84 bits per heavy atom. The van der Waals surface area contributed by atoms with Crippen molar-refractivity contribution in [3.05, 3.63) is 33.8 Å². The summed E-state index contributed by atoms with van der Waals surface area (Å²) in [6, 6.07) is 6.47. The standard InChI is InChI=1S/C15H23BrN2O/c1-18(2)8-7-17-15(11-19)6-5-12-9-14(16)4-3-13(12)10-15/h3-4,9,17,19H,5-8,10-11H2,1-2H3. The topological polar surface area (TPSA) is 35.5 Å². The number of aryl methyl sites for hydroxylation is 1. The third kappa shape index (κ3) is 3.78. The fourth-order valence-electron chi connectivity index (χ4n) is 2.71. The Balaban J connectivity index is 2.06. The lowest BCUT2D eigenvalue weighted by Crippen LogP contribution is -2.54. The van der Waals surface area contributed by atoms with E-state index in [4.69, 9.17) is 0 Å². The molecule has 1 aliphatic rings. The van der Waals surface area contributed by atoms with E-state index in [9.17, 15) is 5.11 Å². The summed E-state index contributed by atoms with van der Waals surface area (Å²) >= 11 is 3.52. The smallest absolute Gasteiger partial charge is 0.0616 e. The van der Waals surface area contributed by atoms with Crippen LogP contribution in [0.15, 0.2) is 22.7 Å². The molecule has 0 aliphatic heterocycles. The monoisotopic (exact) mass is 326 g/mol.